The lowest BCUT2D eigenvalue weighted by Crippen LogP contribution is -2.22. The zero-order valence-electron chi connectivity index (χ0n) is 20.0. The SMILES string of the molecule is C=C(C)c1ccc(C)c(/C(C(C)=O)=C(/O)c2ccc(CN(CC)CC)cc2)c1.C=CC. The molecule has 0 amide bonds. The molecule has 31 heavy (non-hydrogen) atoms. The van der Waals surface area contributed by atoms with E-state index >= 15 is 0 Å². The lowest BCUT2D eigenvalue weighted by molar-refractivity contribution is -0.111. The lowest BCUT2D eigenvalue weighted by Gasteiger charge is -2.18. The number of benzene rings is 2. The van der Waals surface area contributed by atoms with Crippen LogP contribution in [0.25, 0.3) is 16.9 Å². The van der Waals surface area contributed by atoms with E-state index in [1.54, 1.807) is 6.08 Å². The minimum atomic E-state index is -0.160. The first kappa shape index (κ1) is 26.1. The fourth-order valence-corrected chi connectivity index (χ4v) is 3.26. The van der Waals surface area contributed by atoms with Gasteiger partial charge in [-0.1, -0.05) is 68.5 Å². The Morgan fingerprint density at radius 3 is 2.00 bits per heavy atom. The van der Waals surface area contributed by atoms with Gasteiger partial charge >= 0.3 is 0 Å². The fourth-order valence-electron chi connectivity index (χ4n) is 3.26. The highest BCUT2D eigenvalue weighted by Gasteiger charge is 2.18. The molecule has 0 heterocycles. The molecule has 0 radical (unpaired) electrons. The van der Waals surface area contributed by atoms with Crippen molar-refractivity contribution in [3.8, 4) is 0 Å². The Kier molecular flexibility index (Phi) is 10.7. The predicted molar refractivity (Wildman–Crippen MR) is 135 cm³/mol. The van der Waals surface area contributed by atoms with Gasteiger partial charge in [-0.25, -0.2) is 0 Å². The van der Waals surface area contributed by atoms with Crippen molar-refractivity contribution in [3.05, 3.63) is 89.5 Å². The van der Waals surface area contributed by atoms with Crippen molar-refractivity contribution in [2.45, 2.75) is 48.1 Å². The van der Waals surface area contributed by atoms with Crippen LogP contribution in [0.3, 0.4) is 0 Å². The van der Waals surface area contributed by atoms with E-state index in [0.29, 0.717) is 11.1 Å². The Bertz CT molecular complexity index is 932. The van der Waals surface area contributed by atoms with Crippen molar-refractivity contribution in [3.63, 3.8) is 0 Å². The highest BCUT2D eigenvalue weighted by molar-refractivity contribution is 6.26. The topological polar surface area (TPSA) is 40.5 Å². The summed E-state index contributed by atoms with van der Waals surface area (Å²) >= 11 is 0. The number of carbonyl (C=O) groups is 1. The van der Waals surface area contributed by atoms with Crippen molar-refractivity contribution in [2.75, 3.05) is 13.1 Å². The Morgan fingerprint density at radius 1 is 1.03 bits per heavy atom. The molecule has 0 aliphatic rings. The zero-order valence-corrected chi connectivity index (χ0v) is 20.0. The van der Waals surface area contributed by atoms with Crippen molar-refractivity contribution in [1.82, 2.24) is 4.90 Å². The van der Waals surface area contributed by atoms with Crippen LogP contribution in [0.5, 0.6) is 0 Å². The Hall–Kier alpha value is -2.91. The standard InChI is InChI=1S/C25H31NO2.C3H6/c1-7-26(8-2)16-20-10-13-21(14-11-20)25(28)24(19(6)27)23-15-22(17(3)4)12-9-18(23)5;1-3-2/h9-15,28H,3,7-8,16H2,1-2,4-6H3;3H,1H2,2H3/b25-24+;. The minimum absolute atomic E-state index is 0.0175. The van der Waals surface area contributed by atoms with E-state index in [-0.39, 0.29) is 11.5 Å². The number of allylic oxidation sites excluding steroid dienone is 3. The second-order valence-corrected chi connectivity index (χ2v) is 7.66. The van der Waals surface area contributed by atoms with Crippen LogP contribution in [0, 0.1) is 6.92 Å². The molecule has 2 rings (SSSR count). The summed E-state index contributed by atoms with van der Waals surface area (Å²) in [7, 11) is 0. The molecule has 3 heteroatoms. The molecule has 0 fully saturated rings. The summed E-state index contributed by atoms with van der Waals surface area (Å²) in [6, 6.07) is 13.7. The molecule has 166 valence electrons. The quantitative estimate of drug-likeness (QED) is 0.215. The molecule has 2 aromatic carbocycles. The van der Waals surface area contributed by atoms with Gasteiger partial charge in [-0.05, 0) is 69.1 Å². The summed E-state index contributed by atoms with van der Waals surface area (Å²) in [6.07, 6.45) is 1.75. The molecule has 0 aromatic heterocycles. The lowest BCUT2D eigenvalue weighted by atomic mass is 9.91. The van der Waals surface area contributed by atoms with Gasteiger partial charge in [-0.3, -0.25) is 9.69 Å². The van der Waals surface area contributed by atoms with Crippen LogP contribution >= 0.6 is 0 Å². The van der Waals surface area contributed by atoms with Crippen LogP contribution in [0.15, 0.2) is 61.7 Å². The monoisotopic (exact) mass is 419 g/mol. The summed E-state index contributed by atoms with van der Waals surface area (Å²) in [5.41, 5.74) is 5.75. The third-order valence-corrected chi connectivity index (χ3v) is 5.12. The summed E-state index contributed by atoms with van der Waals surface area (Å²) in [6.45, 7) is 21.8. The largest absolute Gasteiger partial charge is 0.507 e. The molecule has 0 aliphatic heterocycles. The van der Waals surface area contributed by atoms with Crippen LogP contribution < -0.4 is 0 Å². The average molecular weight is 420 g/mol. The number of rotatable bonds is 8. The average Bonchev–Trinajstić information content (AvgIpc) is 2.74. The molecule has 0 unspecified atom stereocenters. The molecular weight excluding hydrogens is 382 g/mol. The maximum absolute atomic E-state index is 12.4. The first-order valence-electron chi connectivity index (χ1n) is 10.8. The molecule has 3 nitrogen and oxygen atoms in total. The number of nitrogens with zero attached hydrogens (tertiary/aromatic N) is 1. The van der Waals surface area contributed by atoms with E-state index in [2.05, 4.69) is 31.9 Å². The number of carbonyl (C=O) groups excluding carboxylic acids is 1. The van der Waals surface area contributed by atoms with Crippen molar-refractivity contribution < 1.29 is 9.90 Å². The normalized spacial score (nSPS) is 11.3. The van der Waals surface area contributed by atoms with Gasteiger partial charge in [-0.15, -0.1) is 6.58 Å². The number of aryl methyl sites for hydroxylation is 1. The number of ketones is 1. The van der Waals surface area contributed by atoms with Crippen LogP contribution in [-0.2, 0) is 11.3 Å². The summed E-state index contributed by atoms with van der Waals surface area (Å²) in [4.78, 5) is 14.8. The molecule has 0 aliphatic carbocycles. The highest BCUT2D eigenvalue weighted by atomic mass is 16.3. The zero-order chi connectivity index (χ0) is 23.6. The number of hydrogen-bond acceptors (Lipinski definition) is 3. The van der Waals surface area contributed by atoms with Gasteiger partial charge < -0.3 is 5.11 Å². The van der Waals surface area contributed by atoms with Crippen LogP contribution in [0.2, 0.25) is 0 Å². The van der Waals surface area contributed by atoms with E-state index in [4.69, 9.17) is 0 Å². The molecule has 0 atom stereocenters. The van der Waals surface area contributed by atoms with Gasteiger partial charge in [0.15, 0.2) is 5.78 Å². The second-order valence-electron chi connectivity index (χ2n) is 7.66. The number of aliphatic hydroxyl groups is 1. The van der Waals surface area contributed by atoms with Crippen molar-refractivity contribution in [2.24, 2.45) is 0 Å². The molecule has 0 saturated heterocycles. The molecular formula is C28H37NO2. The van der Waals surface area contributed by atoms with Crippen molar-refractivity contribution >= 4 is 22.7 Å². The van der Waals surface area contributed by atoms with Crippen LogP contribution in [-0.4, -0.2) is 28.9 Å². The van der Waals surface area contributed by atoms with Crippen LogP contribution in [0.1, 0.15) is 62.4 Å². The highest BCUT2D eigenvalue weighted by Crippen LogP contribution is 2.30. The summed E-state index contributed by atoms with van der Waals surface area (Å²) < 4.78 is 0. The fraction of sp³-hybridized carbons (Fsp3) is 0.321. The Balaban J connectivity index is 0.00000151. The van der Waals surface area contributed by atoms with Crippen molar-refractivity contribution in [1.29, 1.82) is 0 Å². The summed E-state index contributed by atoms with van der Waals surface area (Å²) in [5.74, 6) is -0.143. The van der Waals surface area contributed by atoms with E-state index in [1.807, 2.05) is 63.2 Å². The predicted octanol–water partition coefficient (Wildman–Crippen LogP) is 7.08. The van der Waals surface area contributed by atoms with E-state index in [1.165, 1.54) is 12.5 Å². The molecule has 2 aromatic rings. The first-order valence-corrected chi connectivity index (χ1v) is 10.8. The Labute approximate surface area is 188 Å². The molecule has 0 saturated carbocycles. The summed E-state index contributed by atoms with van der Waals surface area (Å²) in [5, 5.41) is 10.9. The van der Waals surface area contributed by atoms with E-state index in [0.717, 1.165) is 41.9 Å². The number of hydrogen-bond donors (Lipinski definition) is 1. The van der Waals surface area contributed by atoms with Gasteiger partial charge in [0.1, 0.15) is 5.76 Å². The number of Topliss-reactive ketones (excluding diaryl/α,β-unsaturated/α-hetero) is 1. The van der Waals surface area contributed by atoms with Gasteiger partial charge in [0.25, 0.3) is 0 Å². The molecule has 1 N–H and O–H groups in total. The number of aliphatic hydroxyl groups excluding tert-OH is 1. The molecule has 0 spiro atoms. The van der Waals surface area contributed by atoms with Crippen LogP contribution in [0.4, 0.5) is 0 Å². The maximum atomic E-state index is 12.4. The second kappa shape index (κ2) is 12.7. The van der Waals surface area contributed by atoms with Gasteiger partial charge in [0.05, 0.1) is 5.57 Å². The van der Waals surface area contributed by atoms with E-state index < -0.39 is 0 Å². The molecule has 0 bridgehead atoms. The van der Waals surface area contributed by atoms with E-state index in [9.17, 15) is 9.90 Å². The van der Waals surface area contributed by atoms with Gasteiger partial charge in [0, 0.05) is 12.1 Å². The smallest absolute Gasteiger partial charge is 0.164 e. The Morgan fingerprint density at radius 2 is 1.55 bits per heavy atom. The van der Waals surface area contributed by atoms with Gasteiger partial charge in [-0.2, -0.15) is 0 Å². The minimum Gasteiger partial charge on any atom is -0.507 e. The third kappa shape index (κ3) is 7.37. The maximum Gasteiger partial charge on any atom is 0.164 e. The third-order valence-electron chi connectivity index (χ3n) is 5.12. The van der Waals surface area contributed by atoms with Gasteiger partial charge in [0.2, 0.25) is 0 Å². The first-order chi connectivity index (χ1) is 14.7.